The summed E-state index contributed by atoms with van der Waals surface area (Å²) >= 11 is 0. The molecule has 1 atom stereocenters. The van der Waals surface area contributed by atoms with Crippen LogP contribution < -0.4 is 0 Å². The molecule has 0 N–H and O–H groups in total. The minimum Gasteiger partial charge on any atom is -0.207 e. The van der Waals surface area contributed by atoms with Crippen LogP contribution in [0.25, 0.3) is 11.1 Å². The Bertz CT molecular complexity index is 723. The smallest absolute Gasteiger partial charge is 0.207 e. The fourth-order valence-electron chi connectivity index (χ4n) is 2.96. The molecule has 1 fully saturated rings. The lowest BCUT2D eigenvalue weighted by molar-refractivity contribution is 0.281. The van der Waals surface area contributed by atoms with Crippen molar-refractivity contribution >= 4 is 10.0 Å². The summed E-state index contributed by atoms with van der Waals surface area (Å²) in [7, 11) is -3.36. The molecule has 0 amide bonds. The first-order chi connectivity index (χ1) is 10.6. The van der Waals surface area contributed by atoms with Gasteiger partial charge >= 0.3 is 0 Å². The van der Waals surface area contributed by atoms with Crippen LogP contribution >= 0.6 is 0 Å². The van der Waals surface area contributed by atoms with Crippen molar-refractivity contribution in [2.45, 2.75) is 24.7 Å². The lowest BCUT2D eigenvalue weighted by Crippen LogP contribution is -2.39. The van der Waals surface area contributed by atoms with E-state index in [9.17, 15) is 8.42 Å². The van der Waals surface area contributed by atoms with Crippen LogP contribution in [0.15, 0.2) is 59.5 Å². The summed E-state index contributed by atoms with van der Waals surface area (Å²) in [5, 5.41) is 0. The highest BCUT2D eigenvalue weighted by Crippen LogP contribution is 2.26. The molecule has 22 heavy (non-hydrogen) atoms. The van der Waals surface area contributed by atoms with Gasteiger partial charge in [-0.05, 0) is 42.0 Å². The van der Waals surface area contributed by atoms with E-state index in [0.717, 1.165) is 24.0 Å². The molecule has 0 radical (unpaired) electrons. The van der Waals surface area contributed by atoms with Gasteiger partial charge in [0.1, 0.15) is 0 Å². The van der Waals surface area contributed by atoms with Gasteiger partial charge in [0.2, 0.25) is 10.0 Å². The number of nitrogens with zero attached hydrogens (tertiary/aromatic N) is 1. The van der Waals surface area contributed by atoms with E-state index in [4.69, 9.17) is 0 Å². The molecule has 1 saturated heterocycles. The lowest BCUT2D eigenvalue weighted by Gasteiger charge is -2.30. The second-order valence-corrected chi connectivity index (χ2v) is 7.94. The number of sulfonamides is 1. The first-order valence-electron chi connectivity index (χ1n) is 7.73. The van der Waals surface area contributed by atoms with E-state index >= 15 is 0 Å². The van der Waals surface area contributed by atoms with Gasteiger partial charge < -0.3 is 0 Å². The predicted molar refractivity (Wildman–Crippen MR) is 89.0 cm³/mol. The molecule has 3 nitrogen and oxygen atoms in total. The van der Waals surface area contributed by atoms with Crippen LogP contribution in [0.2, 0.25) is 0 Å². The van der Waals surface area contributed by atoms with E-state index < -0.39 is 10.0 Å². The van der Waals surface area contributed by atoms with Crippen molar-refractivity contribution < 1.29 is 8.42 Å². The minimum absolute atomic E-state index is 0.390. The number of benzene rings is 2. The fourth-order valence-corrected chi connectivity index (χ4v) is 4.56. The summed E-state index contributed by atoms with van der Waals surface area (Å²) < 4.78 is 27.0. The molecule has 0 aliphatic carbocycles. The Balaban J connectivity index is 1.86. The van der Waals surface area contributed by atoms with Gasteiger partial charge in [-0.15, -0.1) is 0 Å². The fraction of sp³-hybridized carbons (Fsp3) is 0.333. The average molecular weight is 315 g/mol. The Morgan fingerprint density at radius 1 is 0.955 bits per heavy atom. The highest BCUT2D eigenvalue weighted by Gasteiger charge is 2.28. The Morgan fingerprint density at radius 2 is 1.59 bits per heavy atom. The van der Waals surface area contributed by atoms with E-state index in [0.29, 0.717) is 23.9 Å². The Kier molecular flexibility index (Phi) is 4.32. The number of piperidine rings is 1. The van der Waals surface area contributed by atoms with Gasteiger partial charge in [0.05, 0.1) is 4.90 Å². The van der Waals surface area contributed by atoms with Crippen molar-refractivity contribution in [2.24, 2.45) is 5.92 Å². The molecule has 116 valence electrons. The Hall–Kier alpha value is -1.65. The Morgan fingerprint density at radius 3 is 2.23 bits per heavy atom. The summed E-state index contributed by atoms with van der Waals surface area (Å²) in [5.74, 6) is 0.437. The zero-order valence-corrected chi connectivity index (χ0v) is 13.6. The SMILES string of the molecule is C[C@@H]1CCCN(S(=O)(=O)c2ccc(-c3ccccc3)cc2)C1. The first kappa shape index (κ1) is 15.3. The summed E-state index contributed by atoms with van der Waals surface area (Å²) in [6.45, 7) is 3.37. The standard InChI is InChI=1S/C18H21NO2S/c1-15-6-5-13-19(14-15)22(20,21)18-11-9-17(10-12-18)16-7-3-2-4-8-16/h2-4,7-12,15H,5-6,13-14H2,1H3/t15-/m1/s1. The van der Waals surface area contributed by atoms with Gasteiger partial charge in [-0.1, -0.05) is 49.4 Å². The van der Waals surface area contributed by atoms with Crippen LogP contribution in [-0.4, -0.2) is 25.8 Å². The quantitative estimate of drug-likeness (QED) is 0.864. The molecule has 1 heterocycles. The third-order valence-corrected chi connectivity index (χ3v) is 6.10. The number of hydrogen-bond donors (Lipinski definition) is 0. The average Bonchev–Trinajstić information content (AvgIpc) is 2.56. The van der Waals surface area contributed by atoms with Gasteiger partial charge in [-0.3, -0.25) is 0 Å². The lowest BCUT2D eigenvalue weighted by atomic mass is 10.0. The normalized spacial score (nSPS) is 20.0. The first-order valence-corrected chi connectivity index (χ1v) is 9.17. The van der Waals surface area contributed by atoms with Gasteiger partial charge in [0.25, 0.3) is 0 Å². The molecule has 0 aromatic heterocycles. The van der Waals surface area contributed by atoms with E-state index in [2.05, 4.69) is 6.92 Å². The molecule has 1 aliphatic rings. The minimum atomic E-state index is -3.36. The van der Waals surface area contributed by atoms with Crippen LogP contribution in [0.3, 0.4) is 0 Å². The molecule has 0 saturated carbocycles. The monoisotopic (exact) mass is 315 g/mol. The highest BCUT2D eigenvalue weighted by atomic mass is 32.2. The molecule has 2 aromatic carbocycles. The Labute approximate surface area is 132 Å². The molecular formula is C18H21NO2S. The second kappa shape index (κ2) is 6.23. The van der Waals surface area contributed by atoms with Crippen LogP contribution in [0, 0.1) is 5.92 Å². The van der Waals surface area contributed by atoms with Gasteiger partial charge in [-0.2, -0.15) is 4.31 Å². The molecule has 2 aromatic rings. The predicted octanol–water partition coefficient (Wildman–Crippen LogP) is 3.77. The van der Waals surface area contributed by atoms with E-state index in [1.54, 1.807) is 16.4 Å². The number of rotatable bonds is 3. The zero-order valence-electron chi connectivity index (χ0n) is 12.8. The summed E-state index contributed by atoms with van der Waals surface area (Å²) in [5.41, 5.74) is 2.13. The molecule has 0 bridgehead atoms. The van der Waals surface area contributed by atoms with E-state index in [-0.39, 0.29) is 0 Å². The molecular weight excluding hydrogens is 294 g/mol. The zero-order chi connectivity index (χ0) is 15.6. The topological polar surface area (TPSA) is 37.4 Å². The van der Waals surface area contributed by atoms with Crippen LogP contribution in [0.4, 0.5) is 0 Å². The van der Waals surface area contributed by atoms with Gasteiger partial charge in [-0.25, -0.2) is 8.42 Å². The van der Waals surface area contributed by atoms with Crippen LogP contribution in [0.5, 0.6) is 0 Å². The van der Waals surface area contributed by atoms with E-state index in [1.165, 1.54) is 0 Å². The summed E-state index contributed by atoms with van der Waals surface area (Å²) in [6.07, 6.45) is 2.06. The molecule has 1 aliphatic heterocycles. The maximum Gasteiger partial charge on any atom is 0.243 e. The molecule has 3 rings (SSSR count). The van der Waals surface area contributed by atoms with Crippen molar-refractivity contribution in [3.8, 4) is 11.1 Å². The maximum atomic E-state index is 12.7. The van der Waals surface area contributed by atoms with Crippen molar-refractivity contribution in [1.82, 2.24) is 4.31 Å². The van der Waals surface area contributed by atoms with Crippen LogP contribution in [0.1, 0.15) is 19.8 Å². The van der Waals surface area contributed by atoms with Gasteiger partial charge in [0, 0.05) is 13.1 Å². The van der Waals surface area contributed by atoms with Crippen molar-refractivity contribution in [3.63, 3.8) is 0 Å². The highest BCUT2D eigenvalue weighted by molar-refractivity contribution is 7.89. The van der Waals surface area contributed by atoms with E-state index in [1.807, 2.05) is 42.5 Å². The summed E-state index contributed by atoms with van der Waals surface area (Å²) in [6, 6.07) is 17.2. The maximum absolute atomic E-state index is 12.7. The molecule has 0 spiro atoms. The number of hydrogen-bond acceptors (Lipinski definition) is 2. The summed E-state index contributed by atoms with van der Waals surface area (Å²) in [4.78, 5) is 0.390. The molecule has 4 heteroatoms. The van der Waals surface area contributed by atoms with Crippen molar-refractivity contribution in [2.75, 3.05) is 13.1 Å². The van der Waals surface area contributed by atoms with Crippen LogP contribution in [-0.2, 0) is 10.0 Å². The third-order valence-electron chi connectivity index (χ3n) is 4.22. The third kappa shape index (κ3) is 3.08. The van der Waals surface area contributed by atoms with Gasteiger partial charge in [0.15, 0.2) is 0 Å². The largest absolute Gasteiger partial charge is 0.243 e. The second-order valence-electron chi connectivity index (χ2n) is 6.00. The van der Waals surface area contributed by atoms with Crippen molar-refractivity contribution in [1.29, 1.82) is 0 Å². The molecule has 0 unspecified atom stereocenters. The van der Waals surface area contributed by atoms with Crippen molar-refractivity contribution in [3.05, 3.63) is 54.6 Å².